The molecule has 2 aliphatic rings. The summed E-state index contributed by atoms with van der Waals surface area (Å²) in [7, 11) is 3.21. The Hall–Kier alpha value is -2.83. The minimum absolute atomic E-state index is 0.0587. The van der Waals surface area contributed by atoms with Crippen LogP contribution in [0, 0.1) is 25.7 Å². The number of amides is 2. The number of benzene rings is 1. The standard InChI is InChI=1S/C22H27N3O4/c1-13-20(25-21(26)16-7-5-6-8-17(16)22(25)27)14(2)24(23-13)12-15-9-10-18(28-3)19(11-15)29-4/h9-11,16-17H,5-8,12H2,1-4H3/t16-,17+. The van der Waals surface area contributed by atoms with E-state index >= 15 is 0 Å². The smallest absolute Gasteiger partial charge is 0.237 e. The van der Waals surface area contributed by atoms with Crippen LogP contribution in [0.3, 0.4) is 0 Å². The molecule has 1 aromatic carbocycles. The third kappa shape index (κ3) is 3.18. The lowest BCUT2D eigenvalue weighted by Crippen LogP contribution is -2.31. The molecule has 0 bridgehead atoms. The van der Waals surface area contributed by atoms with Crippen molar-refractivity contribution < 1.29 is 19.1 Å². The van der Waals surface area contributed by atoms with Crippen molar-refractivity contribution in [3.05, 3.63) is 35.2 Å². The van der Waals surface area contributed by atoms with Crippen LogP contribution >= 0.6 is 0 Å². The van der Waals surface area contributed by atoms with E-state index < -0.39 is 0 Å². The van der Waals surface area contributed by atoms with Crippen LogP contribution in [0.5, 0.6) is 11.5 Å². The predicted molar refractivity (Wildman–Crippen MR) is 108 cm³/mol. The van der Waals surface area contributed by atoms with E-state index in [1.54, 1.807) is 14.2 Å². The Balaban J connectivity index is 1.65. The summed E-state index contributed by atoms with van der Waals surface area (Å²) in [6.07, 6.45) is 3.66. The summed E-state index contributed by atoms with van der Waals surface area (Å²) in [4.78, 5) is 27.4. The number of imide groups is 1. The first-order valence-corrected chi connectivity index (χ1v) is 10.1. The summed E-state index contributed by atoms with van der Waals surface area (Å²) in [5.41, 5.74) is 3.16. The third-order valence-corrected chi connectivity index (χ3v) is 6.19. The van der Waals surface area contributed by atoms with E-state index in [1.807, 2.05) is 36.7 Å². The van der Waals surface area contributed by atoms with E-state index in [9.17, 15) is 9.59 Å². The Morgan fingerprint density at radius 3 is 2.21 bits per heavy atom. The van der Waals surface area contributed by atoms with Crippen LogP contribution in [-0.4, -0.2) is 35.8 Å². The number of aryl methyl sites for hydroxylation is 1. The van der Waals surface area contributed by atoms with Gasteiger partial charge in [-0.15, -0.1) is 0 Å². The Morgan fingerprint density at radius 1 is 1.00 bits per heavy atom. The molecule has 29 heavy (non-hydrogen) atoms. The second kappa shape index (κ2) is 7.54. The second-order valence-electron chi connectivity index (χ2n) is 7.88. The minimum atomic E-state index is -0.163. The van der Waals surface area contributed by atoms with Gasteiger partial charge in [-0.05, 0) is 44.4 Å². The molecule has 1 aliphatic heterocycles. The molecule has 1 aromatic heterocycles. The van der Waals surface area contributed by atoms with Crippen LogP contribution in [0.4, 0.5) is 5.69 Å². The van der Waals surface area contributed by atoms with Crippen molar-refractivity contribution in [2.45, 2.75) is 46.1 Å². The van der Waals surface area contributed by atoms with Gasteiger partial charge >= 0.3 is 0 Å². The summed E-state index contributed by atoms with van der Waals surface area (Å²) >= 11 is 0. The van der Waals surface area contributed by atoms with Crippen molar-refractivity contribution in [2.75, 3.05) is 19.1 Å². The second-order valence-corrected chi connectivity index (χ2v) is 7.88. The third-order valence-electron chi connectivity index (χ3n) is 6.19. The fourth-order valence-corrected chi connectivity index (χ4v) is 4.70. The number of aromatic nitrogens is 2. The zero-order valence-electron chi connectivity index (χ0n) is 17.4. The normalized spacial score (nSPS) is 21.4. The molecule has 2 atom stereocenters. The van der Waals surface area contributed by atoms with Crippen molar-refractivity contribution in [3.8, 4) is 11.5 Å². The maximum atomic E-state index is 13.0. The average molecular weight is 397 g/mol. The zero-order valence-corrected chi connectivity index (χ0v) is 17.4. The van der Waals surface area contributed by atoms with E-state index in [1.165, 1.54) is 4.90 Å². The molecule has 2 aromatic rings. The monoisotopic (exact) mass is 397 g/mol. The highest BCUT2D eigenvalue weighted by Gasteiger charge is 2.50. The lowest BCUT2D eigenvalue weighted by molar-refractivity contribution is -0.122. The molecular weight excluding hydrogens is 370 g/mol. The number of nitrogens with zero attached hydrogens (tertiary/aromatic N) is 3. The van der Waals surface area contributed by atoms with Crippen LogP contribution in [0.2, 0.25) is 0 Å². The van der Waals surface area contributed by atoms with Gasteiger partial charge in [0.1, 0.15) is 0 Å². The van der Waals surface area contributed by atoms with Crippen molar-refractivity contribution in [1.29, 1.82) is 0 Å². The SMILES string of the molecule is COc1ccc(Cn2nc(C)c(N3C(=O)[C@H]4CCCC[C@H]4C3=O)c2C)cc1OC. The highest BCUT2D eigenvalue weighted by atomic mass is 16.5. The van der Waals surface area contributed by atoms with Crippen LogP contribution in [0.25, 0.3) is 0 Å². The van der Waals surface area contributed by atoms with Gasteiger partial charge in [0.05, 0.1) is 49.7 Å². The molecule has 0 radical (unpaired) electrons. The van der Waals surface area contributed by atoms with Gasteiger partial charge in [0.25, 0.3) is 0 Å². The Kier molecular flexibility index (Phi) is 5.06. The van der Waals surface area contributed by atoms with Crippen molar-refractivity contribution >= 4 is 17.5 Å². The largest absolute Gasteiger partial charge is 0.493 e. The van der Waals surface area contributed by atoms with Gasteiger partial charge in [-0.2, -0.15) is 5.10 Å². The first-order valence-electron chi connectivity index (χ1n) is 10.1. The van der Waals surface area contributed by atoms with Crippen LogP contribution in [0.15, 0.2) is 18.2 Å². The summed E-state index contributed by atoms with van der Waals surface area (Å²) in [6.45, 7) is 4.28. The maximum Gasteiger partial charge on any atom is 0.237 e. The quantitative estimate of drug-likeness (QED) is 0.724. The summed E-state index contributed by atoms with van der Waals surface area (Å²) in [5, 5.41) is 4.63. The van der Waals surface area contributed by atoms with Gasteiger partial charge in [0.15, 0.2) is 11.5 Å². The van der Waals surface area contributed by atoms with E-state index in [0.29, 0.717) is 29.4 Å². The maximum absolute atomic E-state index is 13.0. The van der Waals surface area contributed by atoms with Crippen molar-refractivity contribution in [2.24, 2.45) is 11.8 Å². The van der Waals surface area contributed by atoms with E-state index in [4.69, 9.17) is 9.47 Å². The molecule has 0 unspecified atom stereocenters. The zero-order chi connectivity index (χ0) is 20.7. The van der Waals surface area contributed by atoms with Gasteiger partial charge in [-0.1, -0.05) is 18.9 Å². The number of fused-ring (bicyclic) bond motifs is 1. The van der Waals surface area contributed by atoms with E-state index in [0.717, 1.165) is 36.9 Å². The molecule has 1 saturated carbocycles. The Bertz CT molecular complexity index is 941. The highest BCUT2D eigenvalue weighted by molar-refractivity contribution is 6.22. The first kappa shape index (κ1) is 19.5. The number of methoxy groups -OCH3 is 2. The molecular formula is C22H27N3O4. The van der Waals surface area contributed by atoms with Crippen LogP contribution in [0.1, 0.15) is 42.6 Å². The number of hydrogen-bond acceptors (Lipinski definition) is 5. The number of rotatable bonds is 5. The molecule has 4 rings (SSSR count). The Labute approximate surface area is 170 Å². The fourth-order valence-electron chi connectivity index (χ4n) is 4.70. The van der Waals surface area contributed by atoms with Gasteiger partial charge in [-0.3, -0.25) is 14.3 Å². The molecule has 0 N–H and O–H groups in total. The Morgan fingerprint density at radius 2 is 1.62 bits per heavy atom. The number of carbonyl (C=O) groups is 2. The average Bonchev–Trinajstić information content (AvgIpc) is 3.14. The summed E-state index contributed by atoms with van der Waals surface area (Å²) < 4.78 is 12.5. The van der Waals surface area contributed by atoms with E-state index in [2.05, 4.69) is 5.10 Å². The number of hydrogen-bond donors (Lipinski definition) is 0. The number of carbonyl (C=O) groups excluding carboxylic acids is 2. The molecule has 2 heterocycles. The van der Waals surface area contributed by atoms with Gasteiger partial charge in [-0.25, -0.2) is 4.90 Å². The molecule has 7 heteroatoms. The summed E-state index contributed by atoms with van der Waals surface area (Å²) in [6, 6.07) is 5.73. The minimum Gasteiger partial charge on any atom is -0.493 e. The van der Waals surface area contributed by atoms with Gasteiger partial charge < -0.3 is 9.47 Å². The highest BCUT2D eigenvalue weighted by Crippen LogP contribution is 2.41. The topological polar surface area (TPSA) is 73.7 Å². The number of ether oxygens (including phenoxy) is 2. The van der Waals surface area contributed by atoms with Crippen molar-refractivity contribution in [3.63, 3.8) is 0 Å². The number of anilines is 1. The molecule has 1 aliphatic carbocycles. The van der Waals surface area contributed by atoms with Crippen molar-refractivity contribution in [1.82, 2.24) is 9.78 Å². The van der Waals surface area contributed by atoms with Gasteiger partial charge in [0.2, 0.25) is 11.8 Å². The van der Waals surface area contributed by atoms with E-state index in [-0.39, 0.29) is 23.7 Å². The molecule has 2 fully saturated rings. The predicted octanol–water partition coefficient (Wildman–Crippen LogP) is 3.25. The van der Waals surface area contributed by atoms with Crippen LogP contribution < -0.4 is 14.4 Å². The molecule has 0 spiro atoms. The van der Waals surface area contributed by atoms with Crippen LogP contribution in [-0.2, 0) is 16.1 Å². The lowest BCUT2D eigenvalue weighted by atomic mass is 9.81. The first-order chi connectivity index (χ1) is 14.0. The molecule has 1 saturated heterocycles. The molecule has 2 amide bonds. The lowest BCUT2D eigenvalue weighted by Gasteiger charge is -2.19. The molecule has 7 nitrogen and oxygen atoms in total. The fraction of sp³-hybridized carbons (Fsp3) is 0.500. The van der Waals surface area contributed by atoms with Gasteiger partial charge in [0, 0.05) is 0 Å². The summed E-state index contributed by atoms with van der Waals surface area (Å²) in [5.74, 6) is 0.878. The molecule has 154 valence electrons.